The second-order valence-electron chi connectivity index (χ2n) is 7.60. The Morgan fingerprint density at radius 1 is 0.767 bits per heavy atom. The number of hydrogen-bond donors (Lipinski definition) is 1. The molecular formula is C26H23NO3. The first-order valence-electron chi connectivity index (χ1n) is 9.91. The van der Waals surface area contributed by atoms with Crippen molar-refractivity contribution in [2.75, 3.05) is 25.6 Å². The number of rotatable bonds is 5. The van der Waals surface area contributed by atoms with Gasteiger partial charge in [0.25, 0.3) is 0 Å². The molecule has 4 heteroatoms. The van der Waals surface area contributed by atoms with E-state index in [1.807, 2.05) is 49.3 Å². The standard InChI is InChI=1S/C26H23NO3/c1-27(2)24-12-10-17(15-19(24)13-14-28)7-8-18-9-11-22-23(16-18)26(30)21-6-4-3-5-20(21)25(22)29/h3-12,15-16,28H,13-14H2,1-2H3/b8-7+. The van der Waals surface area contributed by atoms with Crippen molar-refractivity contribution < 1.29 is 14.7 Å². The quantitative estimate of drug-likeness (QED) is 0.512. The summed E-state index contributed by atoms with van der Waals surface area (Å²) in [6, 6.07) is 18.5. The van der Waals surface area contributed by atoms with E-state index in [4.69, 9.17) is 0 Å². The fourth-order valence-electron chi connectivity index (χ4n) is 3.88. The third-order valence-electron chi connectivity index (χ3n) is 5.38. The van der Waals surface area contributed by atoms with Gasteiger partial charge in [0.1, 0.15) is 0 Å². The molecule has 1 N–H and O–H groups in total. The lowest BCUT2D eigenvalue weighted by Crippen LogP contribution is -2.20. The minimum atomic E-state index is -0.115. The van der Waals surface area contributed by atoms with E-state index in [0.717, 1.165) is 22.4 Å². The Kier molecular flexibility index (Phi) is 5.34. The molecule has 0 saturated carbocycles. The molecule has 1 aliphatic carbocycles. The number of aliphatic hydroxyl groups is 1. The highest BCUT2D eigenvalue weighted by Gasteiger charge is 2.29. The Balaban J connectivity index is 1.66. The molecule has 0 atom stereocenters. The van der Waals surface area contributed by atoms with E-state index in [1.165, 1.54) is 0 Å². The van der Waals surface area contributed by atoms with E-state index in [-0.39, 0.29) is 18.2 Å². The molecule has 0 aromatic heterocycles. The highest BCUT2D eigenvalue weighted by molar-refractivity contribution is 6.28. The van der Waals surface area contributed by atoms with Crippen LogP contribution in [0.4, 0.5) is 5.69 Å². The number of benzene rings is 3. The molecule has 1 aliphatic rings. The molecule has 30 heavy (non-hydrogen) atoms. The lowest BCUT2D eigenvalue weighted by Gasteiger charge is -2.18. The normalized spacial score (nSPS) is 12.8. The van der Waals surface area contributed by atoms with Gasteiger partial charge in [-0.25, -0.2) is 0 Å². The minimum absolute atomic E-state index is 0.0937. The zero-order valence-corrected chi connectivity index (χ0v) is 17.1. The summed E-state index contributed by atoms with van der Waals surface area (Å²) in [5.74, 6) is -0.223. The average Bonchev–Trinajstić information content (AvgIpc) is 2.76. The lowest BCUT2D eigenvalue weighted by molar-refractivity contribution is 0.0979. The molecule has 3 aromatic rings. The number of ketones is 2. The Labute approximate surface area is 176 Å². The first-order chi connectivity index (χ1) is 14.5. The van der Waals surface area contributed by atoms with Gasteiger partial charge in [-0.15, -0.1) is 0 Å². The summed E-state index contributed by atoms with van der Waals surface area (Å²) in [6.45, 7) is 0.0937. The number of carbonyl (C=O) groups excluding carboxylic acids is 2. The minimum Gasteiger partial charge on any atom is -0.396 e. The van der Waals surface area contributed by atoms with Gasteiger partial charge in [0.05, 0.1) is 0 Å². The van der Waals surface area contributed by atoms with Crippen molar-refractivity contribution in [2.45, 2.75) is 6.42 Å². The summed E-state index contributed by atoms with van der Waals surface area (Å²) in [5.41, 5.74) is 5.86. The van der Waals surface area contributed by atoms with Crippen molar-refractivity contribution in [3.8, 4) is 0 Å². The van der Waals surface area contributed by atoms with Gasteiger partial charge in [-0.2, -0.15) is 0 Å². The van der Waals surface area contributed by atoms with Crippen molar-refractivity contribution >= 4 is 29.4 Å². The second kappa shape index (κ2) is 8.09. The first-order valence-corrected chi connectivity index (χ1v) is 9.91. The van der Waals surface area contributed by atoms with Crippen LogP contribution >= 0.6 is 0 Å². The van der Waals surface area contributed by atoms with Crippen LogP contribution in [-0.2, 0) is 6.42 Å². The van der Waals surface area contributed by atoms with Crippen LogP contribution in [0.25, 0.3) is 12.2 Å². The van der Waals surface area contributed by atoms with Crippen LogP contribution in [-0.4, -0.2) is 37.4 Å². The second-order valence-corrected chi connectivity index (χ2v) is 7.60. The predicted octanol–water partition coefficient (Wildman–Crippen LogP) is 4.23. The SMILES string of the molecule is CN(C)c1ccc(/C=C/c2ccc3c(c2)C(=O)c2ccccc2C3=O)cc1CCO. The number of nitrogens with zero attached hydrogens (tertiary/aromatic N) is 1. The number of hydrogen-bond acceptors (Lipinski definition) is 4. The van der Waals surface area contributed by atoms with Crippen LogP contribution in [0.2, 0.25) is 0 Å². The fraction of sp³-hybridized carbons (Fsp3) is 0.154. The van der Waals surface area contributed by atoms with Gasteiger partial charge in [0, 0.05) is 48.6 Å². The Morgan fingerprint density at radius 2 is 1.33 bits per heavy atom. The molecular weight excluding hydrogens is 374 g/mol. The molecule has 0 aliphatic heterocycles. The maximum Gasteiger partial charge on any atom is 0.194 e. The fourth-order valence-corrected chi connectivity index (χ4v) is 3.88. The Hall–Kier alpha value is -3.50. The van der Waals surface area contributed by atoms with Crippen LogP contribution in [0.5, 0.6) is 0 Å². The van der Waals surface area contributed by atoms with E-state index in [1.54, 1.807) is 36.4 Å². The number of anilines is 1. The molecule has 3 aromatic carbocycles. The third-order valence-corrected chi connectivity index (χ3v) is 5.38. The van der Waals surface area contributed by atoms with Crippen molar-refractivity contribution in [1.29, 1.82) is 0 Å². The first kappa shape index (κ1) is 19.8. The van der Waals surface area contributed by atoms with Gasteiger partial charge in [-0.05, 0) is 47.4 Å². The van der Waals surface area contributed by atoms with E-state index in [2.05, 4.69) is 6.07 Å². The molecule has 0 unspecified atom stereocenters. The summed E-state index contributed by atoms with van der Waals surface area (Å²) >= 11 is 0. The van der Waals surface area contributed by atoms with Gasteiger partial charge >= 0.3 is 0 Å². The zero-order chi connectivity index (χ0) is 21.3. The Bertz CT molecular complexity index is 1170. The van der Waals surface area contributed by atoms with Gasteiger partial charge in [-0.1, -0.05) is 48.6 Å². The van der Waals surface area contributed by atoms with Crippen LogP contribution in [0.1, 0.15) is 48.5 Å². The average molecular weight is 397 g/mol. The van der Waals surface area contributed by atoms with Gasteiger partial charge < -0.3 is 10.0 Å². The summed E-state index contributed by atoms with van der Waals surface area (Å²) in [4.78, 5) is 27.7. The lowest BCUT2D eigenvalue weighted by atomic mass is 9.83. The molecule has 0 spiro atoms. The number of carbonyl (C=O) groups is 2. The van der Waals surface area contributed by atoms with Crippen molar-refractivity contribution in [2.24, 2.45) is 0 Å². The van der Waals surface area contributed by atoms with E-state index < -0.39 is 0 Å². The van der Waals surface area contributed by atoms with Crippen molar-refractivity contribution in [3.63, 3.8) is 0 Å². The molecule has 0 heterocycles. The summed E-state index contributed by atoms with van der Waals surface area (Å²) < 4.78 is 0. The van der Waals surface area contributed by atoms with Crippen LogP contribution in [0.3, 0.4) is 0 Å². The summed E-state index contributed by atoms with van der Waals surface area (Å²) in [5, 5.41) is 9.36. The van der Waals surface area contributed by atoms with E-state index in [0.29, 0.717) is 28.7 Å². The van der Waals surface area contributed by atoms with Gasteiger partial charge in [0.15, 0.2) is 11.6 Å². The number of aliphatic hydroxyl groups excluding tert-OH is 1. The summed E-state index contributed by atoms with van der Waals surface area (Å²) in [6.07, 6.45) is 4.50. The van der Waals surface area contributed by atoms with Gasteiger partial charge in [0.2, 0.25) is 0 Å². The molecule has 0 saturated heterocycles. The third kappa shape index (κ3) is 3.58. The zero-order valence-electron chi connectivity index (χ0n) is 17.1. The monoisotopic (exact) mass is 397 g/mol. The summed E-state index contributed by atoms with van der Waals surface area (Å²) in [7, 11) is 3.96. The van der Waals surface area contributed by atoms with Crippen LogP contribution in [0, 0.1) is 0 Å². The maximum absolute atomic E-state index is 12.9. The smallest absolute Gasteiger partial charge is 0.194 e. The Morgan fingerprint density at radius 3 is 1.97 bits per heavy atom. The van der Waals surface area contributed by atoms with Gasteiger partial charge in [-0.3, -0.25) is 9.59 Å². The van der Waals surface area contributed by atoms with Crippen LogP contribution in [0.15, 0.2) is 60.7 Å². The largest absolute Gasteiger partial charge is 0.396 e. The molecule has 4 rings (SSSR count). The molecule has 0 amide bonds. The van der Waals surface area contributed by atoms with E-state index >= 15 is 0 Å². The molecule has 150 valence electrons. The number of fused-ring (bicyclic) bond motifs is 2. The van der Waals surface area contributed by atoms with Crippen LogP contribution < -0.4 is 4.90 Å². The highest BCUT2D eigenvalue weighted by atomic mass is 16.3. The van der Waals surface area contributed by atoms with E-state index in [9.17, 15) is 14.7 Å². The molecule has 0 bridgehead atoms. The molecule has 0 radical (unpaired) electrons. The maximum atomic E-state index is 12.9. The topological polar surface area (TPSA) is 57.6 Å². The predicted molar refractivity (Wildman–Crippen MR) is 120 cm³/mol. The highest BCUT2D eigenvalue weighted by Crippen LogP contribution is 2.28. The molecule has 0 fully saturated rings. The van der Waals surface area contributed by atoms with Crippen molar-refractivity contribution in [1.82, 2.24) is 0 Å². The molecule has 4 nitrogen and oxygen atoms in total. The van der Waals surface area contributed by atoms with Crippen molar-refractivity contribution in [3.05, 3.63) is 99.6 Å².